The molecule has 0 saturated carbocycles. The maximum Gasteiger partial charge on any atom is 0.416 e. The van der Waals surface area contributed by atoms with Crippen molar-refractivity contribution in [1.29, 1.82) is 0 Å². The maximum absolute atomic E-state index is 12.7. The molecule has 0 bridgehead atoms. The molecule has 1 saturated heterocycles. The van der Waals surface area contributed by atoms with E-state index in [-0.39, 0.29) is 11.7 Å². The van der Waals surface area contributed by atoms with Crippen molar-refractivity contribution in [1.82, 2.24) is 4.98 Å². The number of fused-ring (bicyclic) bond motifs is 1. The van der Waals surface area contributed by atoms with Gasteiger partial charge in [-0.25, -0.2) is 0 Å². The van der Waals surface area contributed by atoms with E-state index in [1.165, 1.54) is 12.3 Å². The summed E-state index contributed by atoms with van der Waals surface area (Å²) in [5.74, 6) is -0.420. The van der Waals surface area contributed by atoms with Crippen molar-refractivity contribution in [2.75, 3.05) is 13.2 Å². The summed E-state index contributed by atoms with van der Waals surface area (Å²) in [5.41, 5.74) is 0.0863. The molecule has 1 aromatic heterocycles. The molecular formula is C14H12F3NO2. The zero-order valence-corrected chi connectivity index (χ0v) is 10.5. The molecule has 0 radical (unpaired) electrons. The van der Waals surface area contributed by atoms with Crippen LogP contribution in [0.5, 0.6) is 0 Å². The molecular weight excluding hydrogens is 271 g/mol. The van der Waals surface area contributed by atoms with E-state index in [1.807, 2.05) is 0 Å². The number of nitrogens with one attached hydrogen (secondary N) is 1. The summed E-state index contributed by atoms with van der Waals surface area (Å²) >= 11 is 0. The molecule has 0 aliphatic carbocycles. The van der Waals surface area contributed by atoms with Crippen molar-refractivity contribution < 1.29 is 22.7 Å². The van der Waals surface area contributed by atoms with E-state index in [0.717, 1.165) is 12.1 Å². The van der Waals surface area contributed by atoms with E-state index in [2.05, 4.69) is 4.98 Å². The number of ketones is 1. The number of halogens is 3. The number of aromatic nitrogens is 1. The molecule has 0 spiro atoms. The van der Waals surface area contributed by atoms with Gasteiger partial charge in [-0.1, -0.05) is 0 Å². The van der Waals surface area contributed by atoms with E-state index in [0.29, 0.717) is 36.1 Å². The van der Waals surface area contributed by atoms with Crippen LogP contribution in [-0.4, -0.2) is 24.0 Å². The Hall–Kier alpha value is -1.82. The topological polar surface area (TPSA) is 42.1 Å². The highest BCUT2D eigenvalue weighted by Crippen LogP contribution is 2.33. The monoisotopic (exact) mass is 283 g/mol. The fourth-order valence-corrected chi connectivity index (χ4v) is 2.46. The van der Waals surface area contributed by atoms with Crippen LogP contribution in [0.2, 0.25) is 0 Å². The van der Waals surface area contributed by atoms with Gasteiger partial charge in [0.2, 0.25) is 0 Å². The predicted octanol–water partition coefficient (Wildman–Crippen LogP) is 3.41. The average Bonchev–Trinajstić information content (AvgIpc) is 3.06. The second-order valence-corrected chi connectivity index (χ2v) is 4.89. The van der Waals surface area contributed by atoms with Crippen LogP contribution in [-0.2, 0) is 10.9 Å². The second-order valence-electron chi connectivity index (χ2n) is 4.89. The van der Waals surface area contributed by atoms with Gasteiger partial charge in [-0.05, 0) is 24.6 Å². The zero-order chi connectivity index (χ0) is 14.3. The fraction of sp³-hybridized carbons (Fsp3) is 0.357. The van der Waals surface area contributed by atoms with Gasteiger partial charge >= 0.3 is 6.18 Å². The Bertz CT molecular complexity index is 654. The summed E-state index contributed by atoms with van der Waals surface area (Å²) in [4.78, 5) is 15.1. The lowest BCUT2D eigenvalue weighted by atomic mass is 9.96. The van der Waals surface area contributed by atoms with Gasteiger partial charge in [0.1, 0.15) is 0 Å². The summed E-state index contributed by atoms with van der Waals surface area (Å²) in [6.07, 6.45) is -2.32. The molecule has 20 heavy (non-hydrogen) atoms. The number of alkyl halides is 3. The molecule has 1 aliphatic rings. The molecule has 106 valence electrons. The highest BCUT2D eigenvalue weighted by Gasteiger charge is 2.32. The third-order valence-electron chi connectivity index (χ3n) is 3.58. The molecule has 2 aromatic rings. The number of rotatable bonds is 2. The van der Waals surface area contributed by atoms with Crippen LogP contribution < -0.4 is 0 Å². The Morgan fingerprint density at radius 3 is 2.80 bits per heavy atom. The van der Waals surface area contributed by atoms with Gasteiger partial charge in [0.05, 0.1) is 12.2 Å². The van der Waals surface area contributed by atoms with Crippen molar-refractivity contribution in [3.05, 3.63) is 35.5 Å². The molecule has 0 amide bonds. The molecule has 1 aromatic carbocycles. The van der Waals surface area contributed by atoms with Crippen molar-refractivity contribution in [3.8, 4) is 0 Å². The number of Topliss-reactive ketones (excluding diaryl/α,β-unsaturated/α-hetero) is 1. The van der Waals surface area contributed by atoms with Crippen LogP contribution in [0, 0.1) is 5.92 Å². The van der Waals surface area contributed by atoms with Crippen LogP contribution in [0.25, 0.3) is 10.9 Å². The van der Waals surface area contributed by atoms with E-state index in [4.69, 9.17) is 4.74 Å². The Kier molecular flexibility index (Phi) is 3.05. The maximum atomic E-state index is 12.7. The molecule has 3 nitrogen and oxygen atoms in total. The van der Waals surface area contributed by atoms with E-state index in [9.17, 15) is 18.0 Å². The van der Waals surface area contributed by atoms with Gasteiger partial charge in [-0.15, -0.1) is 0 Å². The Morgan fingerprint density at radius 1 is 1.35 bits per heavy atom. The molecule has 3 rings (SSSR count). The Morgan fingerprint density at radius 2 is 2.15 bits per heavy atom. The first-order valence-electron chi connectivity index (χ1n) is 6.27. The van der Waals surface area contributed by atoms with E-state index >= 15 is 0 Å². The Labute approximate surface area is 112 Å². The zero-order valence-electron chi connectivity index (χ0n) is 10.5. The van der Waals surface area contributed by atoms with Gasteiger partial charge in [-0.2, -0.15) is 13.2 Å². The van der Waals surface area contributed by atoms with Gasteiger partial charge in [0.25, 0.3) is 0 Å². The lowest BCUT2D eigenvalue weighted by Crippen LogP contribution is -2.14. The second kappa shape index (κ2) is 4.63. The minimum Gasteiger partial charge on any atom is -0.381 e. The summed E-state index contributed by atoms with van der Waals surface area (Å²) in [6, 6.07) is 3.38. The number of hydrogen-bond donors (Lipinski definition) is 1. The largest absolute Gasteiger partial charge is 0.416 e. The number of benzene rings is 1. The standard InChI is InChI=1S/C14H12F3NO2/c15-14(16,17)9-1-2-12-10(5-9)11(6-18-12)13(19)8-3-4-20-7-8/h1-2,5-6,8,18H,3-4,7H2. The SMILES string of the molecule is O=C(c1c[nH]c2ccc(C(F)(F)F)cc12)C1CCOC1. The van der Waals surface area contributed by atoms with Crippen LogP contribution in [0.3, 0.4) is 0 Å². The van der Waals surface area contributed by atoms with Gasteiger partial charge < -0.3 is 9.72 Å². The van der Waals surface area contributed by atoms with E-state index < -0.39 is 11.7 Å². The molecule has 1 unspecified atom stereocenters. The van der Waals surface area contributed by atoms with Crippen molar-refractivity contribution >= 4 is 16.7 Å². The van der Waals surface area contributed by atoms with Gasteiger partial charge in [-0.3, -0.25) is 4.79 Å². The van der Waals surface area contributed by atoms with Crippen molar-refractivity contribution in [2.24, 2.45) is 5.92 Å². The average molecular weight is 283 g/mol. The van der Waals surface area contributed by atoms with Crippen LogP contribution in [0.15, 0.2) is 24.4 Å². The molecule has 1 atom stereocenters. The smallest absolute Gasteiger partial charge is 0.381 e. The quantitative estimate of drug-likeness (QED) is 0.858. The molecule has 1 fully saturated rings. The first-order valence-corrected chi connectivity index (χ1v) is 6.27. The van der Waals surface area contributed by atoms with Crippen LogP contribution in [0.4, 0.5) is 13.2 Å². The summed E-state index contributed by atoms with van der Waals surface area (Å²) < 4.78 is 43.4. The Balaban J connectivity index is 2.05. The lowest BCUT2D eigenvalue weighted by Gasteiger charge is -2.08. The molecule has 6 heteroatoms. The molecule has 1 N–H and O–H groups in total. The number of carbonyl (C=O) groups is 1. The third kappa shape index (κ3) is 2.20. The minimum atomic E-state index is -4.41. The predicted molar refractivity (Wildman–Crippen MR) is 66.6 cm³/mol. The first kappa shape index (κ1) is 13.2. The summed E-state index contributed by atoms with van der Waals surface area (Å²) in [7, 11) is 0. The van der Waals surface area contributed by atoms with Crippen molar-refractivity contribution in [2.45, 2.75) is 12.6 Å². The molecule has 2 heterocycles. The minimum absolute atomic E-state index is 0.159. The third-order valence-corrected chi connectivity index (χ3v) is 3.58. The highest BCUT2D eigenvalue weighted by molar-refractivity contribution is 6.09. The summed E-state index contributed by atoms with van der Waals surface area (Å²) in [6.45, 7) is 0.858. The number of aromatic amines is 1. The summed E-state index contributed by atoms with van der Waals surface area (Å²) in [5, 5.41) is 0.316. The first-order chi connectivity index (χ1) is 9.47. The number of carbonyl (C=O) groups excluding carboxylic acids is 1. The highest BCUT2D eigenvalue weighted by atomic mass is 19.4. The molecule has 1 aliphatic heterocycles. The lowest BCUT2D eigenvalue weighted by molar-refractivity contribution is -0.137. The van der Waals surface area contributed by atoms with Crippen LogP contribution in [0.1, 0.15) is 22.3 Å². The van der Waals surface area contributed by atoms with Gasteiger partial charge in [0.15, 0.2) is 5.78 Å². The number of ether oxygens (including phenoxy) is 1. The number of hydrogen-bond acceptors (Lipinski definition) is 2. The van der Waals surface area contributed by atoms with Gasteiger partial charge in [0, 0.05) is 35.2 Å². The normalized spacial score (nSPS) is 19.6. The fourth-order valence-electron chi connectivity index (χ4n) is 2.46. The van der Waals surface area contributed by atoms with E-state index in [1.54, 1.807) is 0 Å². The van der Waals surface area contributed by atoms with Crippen molar-refractivity contribution in [3.63, 3.8) is 0 Å². The van der Waals surface area contributed by atoms with Crippen LogP contribution >= 0.6 is 0 Å². The number of H-pyrrole nitrogens is 1.